The molecule has 0 aliphatic heterocycles. The molecule has 2 aromatic rings. The van der Waals surface area contributed by atoms with Crippen LogP contribution < -0.4 is 0 Å². The first-order chi connectivity index (χ1) is 8.22. The van der Waals surface area contributed by atoms with Crippen molar-refractivity contribution in [2.24, 2.45) is 0 Å². The van der Waals surface area contributed by atoms with Crippen LogP contribution in [0.15, 0.2) is 30.5 Å². The molecule has 0 fully saturated rings. The molecule has 0 aliphatic rings. The number of hydrogen-bond donors (Lipinski definition) is 0. The molecule has 0 radical (unpaired) electrons. The van der Waals surface area contributed by atoms with Crippen LogP contribution in [-0.2, 0) is 0 Å². The molecule has 0 amide bonds. The lowest BCUT2D eigenvalue weighted by atomic mass is 10.0. The SMILES string of the molecule is CCCCC(=O)c1cc(F)c2ncccc2c1. The Morgan fingerprint density at radius 3 is 3.00 bits per heavy atom. The molecule has 1 aromatic carbocycles. The van der Waals surface area contributed by atoms with Crippen molar-refractivity contribution in [1.29, 1.82) is 0 Å². The summed E-state index contributed by atoms with van der Waals surface area (Å²) in [7, 11) is 0. The summed E-state index contributed by atoms with van der Waals surface area (Å²) in [6.07, 6.45) is 3.82. The second-order valence-corrected chi connectivity index (χ2v) is 4.06. The van der Waals surface area contributed by atoms with Crippen LogP contribution in [0.25, 0.3) is 10.9 Å². The van der Waals surface area contributed by atoms with Gasteiger partial charge in [0.2, 0.25) is 0 Å². The third kappa shape index (κ3) is 2.49. The van der Waals surface area contributed by atoms with E-state index < -0.39 is 5.82 Å². The maximum atomic E-state index is 13.7. The van der Waals surface area contributed by atoms with Crippen molar-refractivity contribution >= 4 is 16.7 Å². The van der Waals surface area contributed by atoms with Crippen LogP contribution in [0.4, 0.5) is 4.39 Å². The molecule has 0 saturated carbocycles. The Hall–Kier alpha value is -1.77. The van der Waals surface area contributed by atoms with E-state index in [4.69, 9.17) is 0 Å². The van der Waals surface area contributed by atoms with Gasteiger partial charge in [0.25, 0.3) is 0 Å². The lowest BCUT2D eigenvalue weighted by Crippen LogP contribution is -2.00. The van der Waals surface area contributed by atoms with E-state index in [9.17, 15) is 9.18 Å². The summed E-state index contributed by atoms with van der Waals surface area (Å²) in [4.78, 5) is 15.8. The third-order valence-corrected chi connectivity index (χ3v) is 2.74. The Kier molecular flexibility index (Phi) is 3.47. The van der Waals surface area contributed by atoms with Crippen LogP contribution in [-0.4, -0.2) is 10.8 Å². The van der Waals surface area contributed by atoms with Gasteiger partial charge in [-0.05, 0) is 24.6 Å². The zero-order valence-electron chi connectivity index (χ0n) is 9.74. The summed E-state index contributed by atoms with van der Waals surface area (Å²) < 4.78 is 13.7. The van der Waals surface area contributed by atoms with Gasteiger partial charge in [-0.3, -0.25) is 9.78 Å². The molecule has 3 heteroatoms. The second kappa shape index (κ2) is 5.04. The molecule has 0 atom stereocenters. The molecular formula is C14H14FNO. The van der Waals surface area contributed by atoms with Gasteiger partial charge in [-0.15, -0.1) is 0 Å². The fourth-order valence-corrected chi connectivity index (χ4v) is 1.79. The largest absolute Gasteiger partial charge is 0.294 e. The Bertz CT molecular complexity index is 551. The Balaban J connectivity index is 2.39. The first-order valence-electron chi connectivity index (χ1n) is 5.80. The highest BCUT2D eigenvalue weighted by Crippen LogP contribution is 2.19. The van der Waals surface area contributed by atoms with E-state index >= 15 is 0 Å². The van der Waals surface area contributed by atoms with Gasteiger partial charge >= 0.3 is 0 Å². The fraction of sp³-hybridized carbons (Fsp3) is 0.286. The number of ketones is 1. The first-order valence-corrected chi connectivity index (χ1v) is 5.80. The van der Waals surface area contributed by atoms with Crippen LogP contribution in [0.3, 0.4) is 0 Å². The zero-order valence-corrected chi connectivity index (χ0v) is 9.74. The lowest BCUT2D eigenvalue weighted by Gasteiger charge is -2.03. The van der Waals surface area contributed by atoms with Gasteiger partial charge < -0.3 is 0 Å². The zero-order chi connectivity index (χ0) is 12.3. The van der Waals surface area contributed by atoms with Crippen molar-refractivity contribution in [3.8, 4) is 0 Å². The van der Waals surface area contributed by atoms with Crippen LogP contribution in [0.5, 0.6) is 0 Å². The normalized spacial score (nSPS) is 10.7. The molecular weight excluding hydrogens is 217 g/mol. The number of fused-ring (bicyclic) bond motifs is 1. The molecule has 0 aliphatic carbocycles. The fourth-order valence-electron chi connectivity index (χ4n) is 1.79. The van der Waals surface area contributed by atoms with Crippen molar-refractivity contribution < 1.29 is 9.18 Å². The lowest BCUT2D eigenvalue weighted by molar-refractivity contribution is 0.0979. The third-order valence-electron chi connectivity index (χ3n) is 2.74. The molecule has 1 heterocycles. The van der Waals surface area contributed by atoms with Gasteiger partial charge in [-0.2, -0.15) is 0 Å². The predicted molar refractivity (Wildman–Crippen MR) is 65.6 cm³/mol. The number of pyridine rings is 1. The van der Waals surface area contributed by atoms with Gasteiger partial charge in [0, 0.05) is 23.6 Å². The van der Waals surface area contributed by atoms with Crippen LogP contribution >= 0.6 is 0 Å². The van der Waals surface area contributed by atoms with Gasteiger partial charge in [0.05, 0.1) is 0 Å². The number of Topliss-reactive ketones (excluding diaryl/α,β-unsaturated/α-hetero) is 1. The van der Waals surface area contributed by atoms with Crippen molar-refractivity contribution in [3.63, 3.8) is 0 Å². The number of carbonyl (C=O) groups is 1. The average Bonchev–Trinajstić information content (AvgIpc) is 2.36. The van der Waals surface area contributed by atoms with E-state index in [0.29, 0.717) is 22.9 Å². The monoisotopic (exact) mass is 231 g/mol. The summed E-state index contributed by atoms with van der Waals surface area (Å²) in [5, 5.41) is 0.673. The standard InChI is InChI=1S/C14H14FNO/c1-2-3-6-13(17)11-8-10-5-4-7-16-14(10)12(15)9-11/h4-5,7-9H,2-3,6H2,1H3. The highest BCUT2D eigenvalue weighted by Gasteiger charge is 2.10. The molecule has 17 heavy (non-hydrogen) atoms. The predicted octanol–water partition coefficient (Wildman–Crippen LogP) is 3.75. The Morgan fingerprint density at radius 1 is 1.41 bits per heavy atom. The van der Waals surface area contributed by atoms with Crippen molar-refractivity contribution in [1.82, 2.24) is 4.98 Å². The van der Waals surface area contributed by atoms with Crippen LogP contribution in [0.2, 0.25) is 0 Å². The summed E-state index contributed by atoms with van der Waals surface area (Å²) in [6.45, 7) is 2.03. The minimum absolute atomic E-state index is 0.00324. The highest BCUT2D eigenvalue weighted by atomic mass is 19.1. The average molecular weight is 231 g/mol. The van der Waals surface area contributed by atoms with E-state index in [0.717, 1.165) is 12.8 Å². The quantitative estimate of drug-likeness (QED) is 0.750. The van der Waals surface area contributed by atoms with Crippen LogP contribution in [0.1, 0.15) is 36.5 Å². The van der Waals surface area contributed by atoms with Crippen molar-refractivity contribution in [2.75, 3.05) is 0 Å². The van der Waals surface area contributed by atoms with Gasteiger partial charge in [-0.1, -0.05) is 19.4 Å². The topological polar surface area (TPSA) is 30.0 Å². The number of rotatable bonds is 4. The number of nitrogens with zero attached hydrogens (tertiary/aromatic N) is 1. The minimum Gasteiger partial charge on any atom is -0.294 e. The molecule has 1 aromatic heterocycles. The van der Waals surface area contributed by atoms with Gasteiger partial charge in [-0.25, -0.2) is 4.39 Å². The van der Waals surface area contributed by atoms with Crippen molar-refractivity contribution in [2.45, 2.75) is 26.2 Å². The Labute approximate surface area is 99.5 Å². The first kappa shape index (κ1) is 11.7. The number of hydrogen-bond acceptors (Lipinski definition) is 2. The molecule has 0 saturated heterocycles. The maximum Gasteiger partial charge on any atom is 0.163 e. The van der Waals surface area contributed by atoms with Crippen LogP contribution in [0, 0.1) is 5.82 Å². The van der Waals surface area contributed by atoms with E-state index in [1.165, 1.54) is 6.07 Å². The number of aromatic nitrogens is 1. The van der Waals surface area contributed by atoms with Gasteiger partial charge in [0.1, 0.15) is 11.3 Å². The molecule has 2 nitrogen and oxygen atoms in total. The number of carbonyl (C=O) groups excluding carboxylic acids is 1. The van der Waals surface area contributed by atoms with Crippen molar-refractivity contribution in [3.05, 3.63) is 41.8 Å². The van der Waals surface area contributed by atoms with E-state index in [2.05, 4.69) is 4.98 Å². The summed E-state index contributed by atoms with van der Waals surface area (Å²) in [6, 6.07) is 6.50. The summed E-state index contributed by atoms with van der Waals surface area (Å²) in [5.41, 5.74) is 0.760. The molecule has 0 N–H and O–H groups in total. The highest BCUT2D eigenvalue weighted by molar-refractivity contribution is 5.99. The molecule has 0 bridgehead atoms. The van der Waals surface area contributed by atoms with E-state index in [-0.39, 0.29) is 5.78 Å². The van der Waals surface area contributed by atoms with E-state index in [1.54, 1.807) is 24.4 Å². The molecule has 88 valence electrons. The number of benzene rings is 1. The molecule has 0 unspecified atom stereocenters. The summed E-state index contributed by atoms with van der Waals surface area (Å²) in [5.74, 6) is -0.431. The Morgan fingerprint density at radius 2 is 2.24 bits per heavy atom. The molecule has 2 rings (SSSR count). The second-order valence-electron chi connectivity index (χ2n) is 4.06. The smallest absolute Gasteiger partial charge is 0.163 e. The van der Waals surface area contributed by atoms with E-state index in [1.807, 2.05) is 6.92 Å². The maximum absolute atomic E-state index is 13.7. The molecule has 0 spiro atoms. The van der Waals surface area contributed by atoms with Gasteiger partial charge in [0.15, 0.2) is 5.78 Å². The minimum atomic E-state index is -0.428. The number of unbranched alkanes of at least 4 members (excludes halogenated alkanes) is 1. The number of halogens is 1. The summed E-state index contributed by atoms with van der Waals surface area (Å²) >= 11 is 0.